The van der Waals surface area contributed by atoms with E-state index in [1.54, 1.807) is 42.1 Å². The monoisotopic (exact) mass is 465 g/mol. The van der Waals surface area contributed by atoms with E-state index in [1.807, 2.05) is 17.5 Å². The van der Waals surface area contributed by atoms with Crippen molar-refractivity contribution in [2.24, 2.45) is 0 Å². The zero-order valence-electron chi connectivity index (χ0n) is 15.4. The van der Waals surface area contributed by atoms with Crippen molar-refractivity contribution in [1.29, 1.82) is 0 Å². The fourth-order valence-electron chi connectivity index (χ4n) is 2.42. The zero-order valence-corrected chi connectivity index (χ0v) is 18.5. The average molecular weight is 466 g/mol. The topological polar surface area (TPSA) is 71.1 Å². The third-order valence-electron chi connectivity index (χ3n) is 3.73. The van der Waals surface area contributed by atoms with Crippen molar-refractivity contribution in [3.8, 4) is 0 Å². The molecule has 150 valence electrons. The van der Waals surface area contributed by atoms with Crippen LogP contribution in [0, 0.1) is 0 Å². The lowest BCUT2D eigenvalue weighted by atomic mass is 10.2. The second-order valence-electron chi connectivity index (χ2n) is 6.11. The lowest BCUT2D eigenvalue weighted by Gasteiger charge is -2.06. The van der Waals surface area contributed by atoms with Gasteiger partial charge in [-0.25, -0.2) is 4.98 Å². The van der Waals surface area contributed by atoms with Gasteiger partial charge in [0, 0.05) is 39.5 Å². The Balaban J connectivity index is 1.51. The maximum Gasteiger partial charge on any atom is 0.230 e. The second kappa shape index (κ2) is 10.1. The number of amides is 2. The second-order valence-corrected chi connectivity index (χ2v) is 9.04. The minimum atomic E-state index is -0.153. The highest BCUT2D eigenvalue weighted by Gasteiger charge is 2.10. The molecule has 0 fully saturated rings. The van der Waals surface area contributed by atoms with Crippen LogP contribution in [0.1, 0.15) is 18.2 Å². The van der Waals surface area contributed by atoms with Gasteiger partial charge < -0.3 is 10.6 Å². The van der Waals surface area contributed by atoms with E-state index in [2.05, 4.69) is 15.6 Å². The lowest BCUT2D eigenvalue weighted by Crippen LogP contribution is -2.14. The molecular formula is C20H17Cl2N3O2S2. The lowest BCUT2D eigenvalue weighted by molar-refractivity contribution is -0.116. The molecule has 0 atom stereocenters. The number of benzene rings is 2. The van der Waals surface area contributed by atoms with E-state index in [0.717, 1.165) is 9.90 Å². The molecule has 5 nitrogen and oxygen atoms in total. The summed E-state index contributed by atoms with van der Waals surface area (Å²) < 4.78 is 0.874. The van der Waals surface area contributed by atoms with Gasteiger partial charge in [-0.2, -0.15) is 0 Å². The first-order valence-corrected chi connectivity index (χ1v) is 11.2. The summed E-state index contributed by atoms with van der Waals surface area (Å²) in [5.41, 5.74) is 3.04. The van der Waals surface area contributed by atoms with Gasteiger partial charge in [0.25, 0.3) is 0 Å². The predicted molar refractivity (Wildman–Crippen MR) is 121 cm³/mol. The number of carbonyl (C=O) groups is 2. The van der Waals surface area contributed by atoms with Crippen LogP contribution in [0.5, 0.6) is 0 Å². The van der Waals surface area contributed by atoms with E-state index in [1.165, 1.54) is 18.3 Å². The molecule has 0 aliphatic heterocycles. The largest absolute Gasteiger partial charge is 0.326 e. The van der Waals surface area contributed by atoms with Gasteiger partial charge >= 0.3 is 0 Å². The number of thioether (sulfide) groups is 1. The average Bonchev–Trinajstić information content (AvgIpc) is 3.09. The summed E-state index contributed by atoms with van der Waals surface area (Å²) in [5, 5.41) is 8.63. The summed E-state index contributed by atoms with van der Waals surface area (Å²) in [6, 6.07) is 12.4. The normalized spacial score (nSPS) is 10.6. The Kier molecular flexibility index (Phi) is 7.55. The number of halogens is 2. The Hall–Kier alpha value is -2.06. The van der Waals surface area contributed by atoms with Crippen LogP contribution in [-0.4, -0.2) is 16.8 Å². The molecule has 29 heavy (non-hydrogen) atoms. The molecule has 0 unspecified atom stereocenters. The maximum atomic E-state index is 12.3. The third kappa shape index (κ3) is 6.75. The summed E-state index contributed by atoms with van der Waals surface area (Å²) in [5.74, 6) is 0.382. The van der Waals surface area contributed by atoms with E-state index >= 15 is 0 Å². The van der Waals surface area contributed by atoms with Crippen molar-refractivity contribution in [2.75, 3.05) is 10.6 Å². The highest BCUT2D eigenvalue weighted by atomic mass is 35.5. The molecule has 1 heterocycles. The van der Waals surface area contributed by atoms with E-state index in [9.17, 15) is 9.59 Å². The van der Waals surface area contributed by atoms with Gasteiger partial charge in [-0.1, -0.05) is 41.0 Å². The molecule has 3 aromatic rings. The summed E-state index contributed by atoms with van der Waals surface area (Å²) >= 11 is 15.2. The highest BCUT2D eigenvalue weighted by molar-refractivity contribution is 8.00. The standard InChI is InChI=1S/C20H17Cl2N3O2S2/c1-12(26)23-15-4-6-16(7-5-15)24-19(27)9-17-11-29-20(25-17)28-10-13-2-3-14(21)8-18(13)22/h2-8,11H,9-10H2,1H3,(H,23,26)(H,24,27). The molecule has 0 saturated heterocycles. The Morgan fingerprint density at radius 2 is 1.76 bits per heavy atom. The van der Waals surface area contributed by atoms with Crippen LogP contribution in [0.25, 0.3) is 0 Å². The Labute approximate surface area is 186 Å². The van der Waals surface area contributed by atoms with Crippen LogP contribution in [0.3, 0.4) is 0 Å². The van der Waals surface area contributed by atoms with Crippen LogP contribution in [0.2, 0.25) is 10.0 Å². The summed E-state index contributed by atoms with van der Waals surface area (Å²) in [6.07, 6.45) is 0.187. The van der Waals surface area contributed by atoms with Crippen LogP contribution < -0.4 is 10.6 Å². The van der Waals surface area contributed by atoms with E-state index in [0.29, 0.717) is 32.9 Å². The summed E-state index contributed by atoms with van der Waals surface area (Å²) in [7, 11) is 0. The van der Waals surface area contributed by atoms with Gasteiger partial charge in [-0.3, -0.25) is 9.59 Å². The molecular weight excluding hydrogens is 449 g/mol. The molecule has 0 aliphatic rings. The van der Waals surface area contributed by atoms with Crippen LogP contribution in [0.15, 0.2) is 52.2 Å². The minimum Gasteiger partial charge on any atom is -0.326 e. The van der Waals surface area contributed by atoms with Gasteiger partial charge in [-0.05, 0) is 42.0 Å². The summed E-state index contributed by atoms with van der Waals surface area (Å²) in [4.78, 5) is 27.8. The molecule has 9 heteroatoms. The van der Waals surface area contributed by atoms with Gasteiger partial charge in [0.05, 0.1) is 12.1 Å². The number of nitrogens with one attached hydrogen (secondary N) is 2. The molecule has 1 aromatic heterocycles. The van der Waals surface area contributed by atoms with Gasteiger partial charge in [-0.15, -0.1) is 11.3 Å². The number of hydrogen-bond donors (Lipinski definition) is 2. The smallest absolute Gasteiger partial charge is 0.230 e. The van der Waals surface area contributed by atoms with Crippen LogP contribution >= 0.6 is 46.3 Å². The molecule has 2 aromatic carbocycles. The molecule has 0 spiro atoms. The first kappa shape index (κ1) is 21.6. The molecule has 0 radical (unpaired) electrons. The van der Waals surface area contributed by atoms with Gasteiger partial charge in [0.15, 0.2) is 0 Å². The minimum absolute atomic E-state index is 0.141. The molecule has 2 N–H and O–H groups in total. The zero-order chi connectivity index (χ0) is 20.8. The fraction of sp³-hybridized carbons (Fsp3) is 0.150. The number of carbonyl (C=O) groups excluding carboxylic acids is 2. The molecule has 0 saturated carbocycles. The van der Waals surface area contributed by atoms with E-state index in [4.69, 9.17) is 23.2 Å². The Bertz CT molecular complexity index is 1020. The van der Waals surface area contributed by atoms with Gasteiger partial charge in [0.1, 0.15) is 4.34 Å². The van der Waals surface area contributed by atoms with Gasteiger partial charge in [0.2, 0.25) is 11.8 Å². The quantitative estimate of drug-likeness (QED) is 0.427. The number of nitrogens with zero attached hydrogens (tertiary/aromatic N) is 1. The van der Waals surface area contributed by atoms with Crippen molar-refractivity contribution in [2.45, 2.75) is 23.4 Å². The van der Waals surface area contributed by atoms with Crippen molar-refractivity contribution in [1.82, 2.24) is 4.98 Å². The van der Waals surface area contributed by atoms with Crippen molar-refractivity contribution < 1.29 is 9.59 Å². The molecule has 3 rings (SSSR count). The third-order valence-corrected chi connectivity index (χ3v) is 6.43. The van der Waals surface area contributed by atoms with Crippen molar-refractivity contribution in [3.05, 3.63) is 69.1 Å². The number of rotatable bonds is 7. The number of anilines is 2. The van der Waals surface area contributed by atoms with E-state index < -0.39 is 0 Å². The van der Waals surface area contributed by atoms with Crippen LogP contribution in [-0.2, 0) is 21.8 Å². The Morgan fingerprint density at radius 3 is 2.41 bits per heavy atom. The van der Waals surface area contributed by atoms with Crippen molar-refractivity contribution in [3.63, 3.8) is 0 Å². The number of aromatic nitrogens is 1. The van der Waals surface area contributed by atoms with Crippen molar-refractivity contribution >= 4 is 69.5 Å². The number of hydrogen-bond acceptors (Lipinski definition) is 5. The van der Waals surface area contributed by atoms with E-state index in [-0.39, 0.29) is 18.2 Å². The van der Waals surface area contributed by atoms with Crippen LogP contribution in [0.4, 0.5) is 11.4 Å². The number of thiazole rings is 1. The highest BCUT2D eigenvalue weighted by Crippen LogP contribution is 2.30. The SMILES string of the molecule is CC(=O)Nc1ccc(NC(=O)Cc2csc(SCc3ccc(Cl)cc3Cl)n2)cc1. The first-order valence-electron chi connectivity index (χ1n) is 8.57. The predicted octanol–water partition coefficient (Wildman–Crippen LogP) is 5.88. The molecule has 2 amide bonds. The first-order chi connectivity index (χ1) is 13.9. The molecule has 0 bridgehead atoms. The summed E-state index contributed by atoms with van der Waals surface area (Å²) in [6.45, 7) is 1.44. The molecule has 0 aliphatic carbocycles. The Morgan fingerprint density at radius 1 is 1.07 bits per heavy atom. The fourth-order valence-corrected chi connectivity index (χ4v) is 4.83. The maximum absolute atomic E-state index is 12.3.